The molecule has 4 amide bonds. The Morgan fingerprint density at radius 3 is 2.40 bits per heavy atom. The third-order valence-electron chi connectivity index (χ3n) is 2.61. The summed E-state index contributed by atoms with van der Waals surface area (Å²) in [6.07, 6.45) is 1.10. The number of rotatable bonds is 2. The molecular weight excluding hydrogens is 266 g/mol. The molecule has 1 aliphatic rings. The Bertz CT molecular complexity index is 648. The molecule has 1 aromatic carbocycles. The van der Waals surface area contributed by atoms with Crippen LogP contribution in [0.2, 0.25) is 0 Å². The van der Waals surface area contributed by atoms with Crippen molar-refractivity contribution in [3.63, 3.8) is 0 Å². The smallest absolute Gasteiger partial charge is 0.268 e. The molecular formula is C12H8N3O5. The van der Waals surface area contributed by atoms with Gasteiger partial charge in [-0.25, -0.2) is 9.69 Å². The van der Waals surface area contributed by atoms with Crippen molar-refractivity contribution in [1.82, 2.24) is 10.2 Å². The van der Waals surface area contributed by atoms with Crippen molar-refractivity contribution >= 4 is 23.5 Å². The molecule has 0 aromatic heterocycles. The summed E-state index contributed by atoms with van der Waals surface area (Å²) in [5.74, 6) is -1.40. The van der Waals surface area contributed by atoms with Gasteiger partial charge in [0, 0.05) is 29.5 Å². The fourth-order valence-corrected chi connectivity index (χ4v) is 1.54. The van der Waals surface area contributed by atoms with Gasteiger partial charge in [0.05, 0.1) is 4.92 Å². The van der Waals surface area contributed by atoms with Crippen molar-refractivity contribution in [2.75, 3.05) is 0 Å². The lowest BCUT2D eigenvalue weighted by atomic mass is 10.1. The second-order valence-corrected chi connectivity index (χ2v) is 3.99. The van der Waals surface area contributed by atoms with E-state index in [4.69, 9.17) is 0 Å². The van der Waals surface area contributed by atoms with Crippen molar-refractivity contribution in [3.05, 3.63) is 51.7 Å². The summed E-state index contributed by atoms with van der Waals surface area (Å²) >= 11 is 0. The standard InChI is InChI=1S/C12H8N3O5/c1-7-6-14(12(18)13-10(7)16)11(17)8-2-4-9(5-3-8)15(19)20/h2-6H,1H3. The first kappa shape index (κ1) is 13.4. The van der Waals surface area contributed by atoms with Crippen LogP contribution in [0.5, 0.6) is 0 Å². The number of non-ortho nitro benzene ring substituents is 1. The van der Waals surface area contributed by atoms with Crippen LogP contribution >= 0.6 is 0 Å². The van der Waals surface area contributed by atoms with Gasteiger partial charge in [-0.15, -0.1) is 0 Å². The summed E-state index contributed by atoms with van der Waals surface area (Å²) in [5, 5.41) is 13.7. The summed E-state index contributed by atoms with van der Waals surface area (Å²) in [6.45, 7) is 1.42. The number of hydrogen-bond donors (Lipinski definition) is 0. The number of hydrogen-bond acceptors (Lipinski definition) is 5. The zero-order valence-electron chi connectivity index (χ0n) is 10.3. The maximum atomic E-state index is 12.1. The lowest BCUT2D eigenvalue weighted by Crippen LogP contribution is -2.43. The fraction of sp³-hybridized carbons (Fsp3) is 0.0833. The SMILES string of the molecule is CC1=CN(C(=O)c2ccc([N+](=O)[O-])cc2)C(=O)[N]C1=O. The molecule has 0 fully saturated rings. The fourth-order valence-electron chi connectivity index (χ4n) is 1.54. The molecule has 0 bridgehead atoms. The number of urea groups is 1. The number of imide groups is 2. The highest BCUT2D eigenvalue weighted by molar-refractivity contribution is 6.14. The van der Waals surface area contributed by atoms with Gasteiger partial charge in [0.25, 0.3) is 17.5 Å². The minimum absolute atomic E-state index is 0.0811. The molecule has 1 aliphatic heterocycles. The van der Waals surface area contributed by atoms with Crippen molar-refractivity contribution < 1.29 is 19.3 Å². The Morgan fingerprint density at radius 2 is 1.85 bits per heavy atom. The molecule has 0 aliphatic carbocycles. The molecule has 0 atom stereocenters. The number of nitro groups is 1. The first-order valence-electron chi connectivity index (χ1n) is 5.46. The van der Waals surface area contributed by atoms with Gasteiger partial charge in [0.15, 0.2) is 0 Å². The van der Waals surface area contributed by atoms with Gasteiger partial charge in [0.1, 0.15) is 0 Å². The van der Waals surface area contributed by atoms with Crippen molar-refractivity contribution in [2.24, 2.45) is 0 Å². The van der Waals surface area contributed by atoms with Crippen LogP contribution in [0, 0.1) is 10.1 Å². The van der Waals surface area contributed by atoms with E-state index in [-0.39, 0.29) is 16.8 Å². The molecule has 8 heteroatoms. The Balaban J connectivity index is 2.29. The van der Waals surface area contributed by atoms with Crippen LogP contribution in [0.25, 0.3) is 0 Å². The molecule has 1 aromatic rings. The van der Waals surface area contributed by atoms with Gasteiger partial charge >= 0.3 is 6.03 Å². The topological polar surface area (TPSA) is 112 Å². The van der Waals surface area contributed by atoms with E-state index in [9.17, 15) is 24.5 Å². The Kier molecular flexibility index (Phi) is 3.30. The lowest BCUT2D eigenvalue weighted by molar-refractivity contribution is -0.384. The Labute approximate surface area is 112 Å². The molecule has 1 heterocycles. The molecule has 0 saturated heterocycles. The minimum atomic E-state index is -0.982. The predicted octanol–water partition coefficient (Wildman–Crippen LogP) is 1.21. The van der Waals surface area contributed by atoms with Gasteiger partial charge in [-0.3, -0.25) is 19.7 Å². The van der Waals surface area contributed by atoms with Crippen molar-refractivity contribution in [2.45, 2.75) is 6.92 Å². The Morgan fingerprint density at radius 1 is 1.25 bits per heavy atom. The van der Waals surface area contributed by atoms with Gasteiger partial charge in [-0.1, -0.05) is 0 Å². The van der Waals surface area contributed by atoms with Crippen LogP contribution in [0.1, 0.15) is 17.3 Å². The van der Waals surface area contributed by atoms with Gasteiger partial charge in [0.2, 0.25) is 0 Å². The number of carbonyl (C=O) groups is 3. The highest BCUT2D eigenvalue weighted by atomic mass is 16.6. The molecule has 2 rings (SSSR count). The zero-order valence-corrected chi connectivity index (χ0v) is 10.3. The van der Waals surface area contributed by atoms with E-state index in [0.29, 0.717) is 4.90 Å². The van der Waals surface area contributed by atoms with Crippen LogP contribution in [0.4, 0.5) is 10.5 Å². The molecule has 1 radical (unpaired) electrons. The van der Waals surface area contributed by atoms with E-state index in [2.05, 4.69) is 5.32 Å². The molecule has 0 saturated carbocycles. The van der Waals surface area contributed by atoms with Crippen LogP contribution in [0.15, 0.2) is 36.0 Å². The summed E-state index contributed by atoms with van der Waals surface area (Å²) in [4.78, 5) is 45.3. The average molecular weight is 274 g/mol. The summed E-state index contributed by atoms with van der Waals surface area (Å²) in [7, 11) is 0. The minimum Gasteiger partial charge on any atom is -0.268 e. The van der Waals surface area contributed by atoms with Crippen LogP contribution in [-0.4, -0.2) is 27.7 Å². The number of nitrogens with zero attached hydrogens (tertiary/aromatic N) is 3. The first-order valence-corrected chi connectivity index (χ1v) is 5.46. The molecule has 8 nitrogen and oxygen atoms in total. The van der Waals surface area contributed by atoms with Gasteiger partial charge < -0.3 is 0 Å². The highest BCUT2D eigenvalue weighted by Crippen LogP contribution is 2.16. The average Bonchev–Trinajstić information content (AvgIpc) is 2.42. The summed E-state index contributed by atoms with van der Waals surface area (Å²) < 4.78 is 0. The lowest BCUT2D eigenvalue weighted by Gasteiger charge is -2.20. The first-order chi connectivity index (χ1) is 9.40. The van der Waals surface area contributed by atoms with E-state index in [1.807, 2.05) is 0 Å². The van der Waals surface area contributed by atoms with Crippen LogP contribution in [-0.2, 0) is 4.79 Å². The number of amides is 4. The third-order valence-corrected chi connectivity index (χ3v) is 2.61. The normalized spacial score (nSPS) is 14.7. The molecule has 0 unspecified atom stereocenters. The molecule has 0 N–H and O–H groups in total. The van der Waals surface area contributed by atoms with Gasteiger partial charge in [-0.05, 0) is 19.1 Å². The zero-order chi connectivity index (χ0) is 14.9. The van der Waals surface area contributed by atoms with Gasteiger partial charge in [-0.2, -0.15) is 5.32 Å². The summed E-state index contributed by atoms with van der Waals surface area (Å²) in [6, 6.07) is 3.78. The second kappa shape index (κ2) is 4.92. The third kappa shape index (κ3) is 2.39. The van der Waals surface area contributed by atoms with E-state index in [0.717, 1.165) is 18.3 Å². The van der Waals surface area contributed by atoms with E-state index in [1.165, 1.54) is 19.1 Å². The Hall–Kier alpha value is -3.03. The van der Waals surface area contributed by atoms with E-state index < -0.39 is 22.8 Å². The van der Waals surface area contributed by atoms with Crippen molar-refractivity contribution in [3.8, 4) is 0 Å². The van der Waals surface area contributed by atoms with E-state index in [1.54, 1.807) is 0 Å². The summed E-state index contributed by atoms with van der Waals surface area (Å²) in [5.41, 5.74) is 0.0653. The molecule has 20 heavy (non-hydrogen) atoms. The highest BCUT2D eigenvalue weighted by Gasteiger charge is 2.29. The number of carbonyl (C=O) groups excluding carboxylic acids is 3. The predicted molar refractivity (Wildman–Crippen MR) is 65.6 cm³/mol. The molecule has 0 spiro atoms. The second-order valence-electron chi connectivity index (χ2n) is 3.99. The van der Waals surface area contributed by atoms with Crippen LogP contribution in [0.3, 0.4) is 0 Å². The molecule has 101 valence electrons. The number of benzene rings is 1. The van der Waals surface area contributed by atoms with E-state index >= 15 is 0 Å². The quantitative estimate of drug-likeness (QED) is 0.594. The van der Waals surface area contributed by atoms with Crippen molar-refractivity contribution in [1.29, 1.82) is 0 Å². The number of nitro benzene ring substituents is 1. The maximum Gasteiger partial charge on any atom is 0.358 e. The van der Waals surface area contributed by atoms with Crippen LogP contribution < -0.4 is 5.32 Å². The maximum absolute atomic E-state index is 12.1. The monoisotopic (exact) mass is 274 g/mol. The largest absolute Gasteiger partial charge is 0.358 e.